The van der Waals surface area contributed by atoms with Gasteiger partial charge in [0.05, 0.1) is 102 Å². The van der Waals surface area contributed by atoms with Crippen LogP contribution in [0.25, 0.3) is 94.0 Å². The molecule has 9 amide bonds. The zero-order chi connectivity index (χ0) is 102. The van der Waals surface area contributed by atoms with Crippen molar-refractivity contribution in [3.05, 3.63) is 234 Å². The van der Waals surface area contributed by atoms with Gasteiger partial charge in [-0.05, 0) is 115 Å². The number of carboxylic acids is 3. The molecule has 4 aliphatic heterocycles. The summed E-state index contributed by atoms with van der Waals surface area (Å²) >= 11 is 2.99. The van der Waals surface area contributed by atoms with Gasteiger partial charge in [-0.1, -0.05) is 153 Å². The zero-order valence-electron chi connectivity index (χ0n) is 73.2. The van der Waals surface area contributed by atoms with Gasteiger partial charge in [0.25, 0.3) is 47.3 Å². The number of halogens is 1. The van der Waals surface area contributed by atoms with Crippen molar-refractivity contribution in [2.45, 2.75) is 80.7 Å². The third kappa shape index (κ3) is 47.7. The number of alkyl halides is 1. The van der Waals surface area contributed by atoms with Crippen LogP contribution in [0.1, 0.15) is 41.5 Å². The first-order valence-corrected chi connectivity index (χ1v) is 40.6. The van der Waals surface area contributed by atoms with Gasteiger partial charge in [0.15, 0.2) is 0 Å². The first kappa shape index (κ1) is 119. The van der Waals surface area contributed by atoms with Gasteiger partial charge < -0.3 is 70.8 Å². The molecule has 4 heterocycles. The second kappa shape index (κ2) is 63.4. The van der Waals surface area contributed by atoms with E-state index in [4.69, 9.17) is 111 Å². The summed E-state index contributed by atoms with van der Waals surface area (Å²) in [5.41, 5.74) is 81.7. The molecule has 0 fully saturated rings. The van der Waals surface area contributed by atoms with E-state index in [0.29, 0.717) is 19.6 Å². The summed E-state index contributed by atoms with van der Waals surface area (Å²) in [7, 11) is 0.652. The number of carbonyl (C=O) groups excluding carboxylic acids is 11. The van der Waals surface area contributed by atoms with Crippen molar-refractivity contribution in [2.75, 3.05) is 137 Å². The lowest BCUT2D eigenvalue weighted by Gasteiger charge is -2.39. The van der Waals surface area contributed by atoms with Crippen LogP contribution in [0.2, 0.25) is 0 Å². The predicted molar refractivity (Wildman–Crippen MR) is 477 cm³/mol. The van der Waals surface area contributed by atoms with Crippen LogP contribution in [-0.4, -0.2) is 299 Å². The molecule has 61 heteroatoms. The number of imide groups is 6. The van der Waals surface area contributed by atoms with Crippen LogP contribution in [0.3, 0.4) is 0 Å². The summed E-state index contributed by atoms with van der Waals surface area (Å²) in [5, 5.41) is 69.0. The zero-order valence-corrected chi connectivity index (χ0v) is 75.7. The summed E-state index contributed by atoms with van der Waals surface area (Å²) in [6.07, 6.45) is 6.94. The van der Waals surface area contributed by atoms with Crippen LogP contribution in [0.15, 0.2) is 186 Å². The van der Waals surface area contributed by atoms with Gasteiger partial charge in [0.2, 0.25) is 0 Å². The Morgan fingerprint density at radius 2 is 0.593 bits per heavy atom. The minimum Gasteiger partial charge on any atom is -0.480 e. The lowest BCUT2D eigenvalue weighted by atomic mass is 10.0. The fourth-order valence-corrected chi connectivity index (χ4v) is 12.4. The Morgan fingerprint density at radius 3 is 0.815 bits per heavy atom. The smallest absolute Gasteiger partial charge is 0.423 e. The Hall–Kier alpha value is -15.6. The van der Waals surface area contributed by atoms with Crippen molar-refractivity contribution >= 4 is 123 Å². The molecule has 4 aliphatic rings. The SMILES string of the molecule is CC(C)(C)OC(=O)CBr.CC(C)(C)OC(=O)COC(CN=[N+]=[N-])(CN=[N+]=[N-])CN=[N+]=[N-].COC(=O)N1C(=O)C=CC1=O.NCC(CN)(CN)OCC(=O)O.O=C(O)COC(CN1C(=O)C=CC1=O)(CN1C(=O)C=CC1=O)CN1C(=O)C=CC1=O.[N-]=[N+]=NCC(CN=[N+]=[N-])(CN=[N+]=[N-])OCC(=O)O.[N-]=[N+]=NCC(O)(CN=[N+]=[N-])CN=[N+]=[N-].c1ccc(P(c2ccccc2)c2ccccc2)cc1. The van der Waals surface area contributed by atoms with Crippen LogP contribution in [0, 0.1) is 0 Å². The molecule has 0 bridgehead atoms. The number of azide groups is 9. The van der Waals surface area contributed by atoms with E-state index in [0.717, 1.165) is 55.7 Å². The summed E-state index contributed by atoms with van der Waals surface area (Å²) in [5.74, 6) is -10.4. The standard InChI is InChI=1S/C18H15N3O9.C18H15P.C10H17N9O3.C6H11BrO2.C6H9N9O3.C6H15N3O3.C6H5NO4.C4H7N9O/c22-11-1-2-12(23)19(11)8-18(30-7-17(28)29,9-20-13(24)3-4-14(20)25)10-21-15(26)5-6-16(21)27;1-4-10-16(11-5-1)19(17-12-6-2-7-13-17)18-14-8-3-9-15-18;1-9(2,3)22-8(20)4-21-10(5-14-17-11,6-15-18-12)7-16-19-13;1-6(2,3)9-5(8)4-7;7-13-10-2-6(3-11-14-8,4-12-15-9)18-1-5(16)17;7-2-6(3-8,4-9)12-1-5(10)11;1-11-6(10)7-4(8)2-3-5(7)9;5-11-8-1-4(14,2-9-12-6)3-10-13-7/h1-6H,7-10H2,(H,28,29);1-15H;4-7H2,1-3H3;4H2,1-3H3;1-4H2,(H,16,17);1-4,7-9H2,(H,10,11);2-3H,1H3;14H,1-3H2. The number of aliphatic hydroxyl groups is 1. The molecule has 0 aliphatic carbocycles. The number of benzene rings is 3. The van der Waals surface area contributed by atoms with E-state index in [1.165, 1.54) is 15.9 Å². The molecule has 0 unspecified atom stereocenters. The second-order valence-electron chi connectivity index (χ2n) is 28.7. The topological polar surface area (TPSA) is 914 Å². The number of carbonyl (C=O) groups is 14. The molecule has 0 atom stereocenters. The maximum absolute atomic E-state index is 12.1. The van der Waals surface area contributed by atoms with Gasteiger partial charge in [-0.15, -0.1) is 0 Å². The normalized spacial score (nSPS) is 13.8. The van der Waals surface area contributed by atoms with Gasteiger partial charge in [-0.25, -0.2) is 24.0 Å². The molecule has 10 N–H and O–H groups in total. The number of rotatable bonds is 43. The average Bonchev–Trinajstić information content (AvgIpc) is 1.62. The minimum atomic E-state index is -1.94. The number of nitrogens with zero attached hydrogens (tertiary/aromatic N) is 31. The van der Waals surface area contributed by atoms with E-state index in [1.807, 2.05) is 20.8 Å². The second-order valence-corrected chi connectivity index (χ2v) is 31.4. The number of amides is 9. The van der Waals surface area contributed by atoms with E-state index in [-0.39, 0.29) is 95.4 Å². The fourth-order valence-electron chi connectivity index (χ4n) is 9.96. The molecule has 0 aromatic heterocycles. The molecule has 0 spiro atoms. The van der Waals surface area contributed by atoms with Crippen molar-refractivity contribution in [3.8, 4) is 0 Å². The van der Waals surface area contributed by atoms with Crippen LogP contribution >= 0.6 is 23.9 Å². The minimum absolute atomic E-state index is 0.118. The van der Waals surface area contributed by atoms with Crippen molar-refractivity contribution in [1.82, 2.24) is 19.6 Å². The maximum Gasteiger partial charge on any atom is 0.423 e. The largest absolute Gasteiger partial charge is 0.480 e. The molecular formula is C74H94BrN34O25P. The van der Waals surface area contributed by atoms with E-state index in [2.05, 4.69) is 202 Å². The molecule has 135 heavy (non-hydrogen) atoms. The van der Waals surface area contributed by atoms with Gasteiger partial charge in [0, 0.05) is 112 Å². The number of nitrogens with two attached hydrogens (primary N) is 3. The Balaban J connectivity index is 0.00000156. The molecule has 59 nitrogen and oxygen atoms in total. The Bertz CT molecular complexity index is 4750. The van der Waals surface area contributed by atoms with Crippen LogP contribution < -0.4 is 33.1 Å². The lowest BCUT2D eigenvalue weighted by molar-refractivity contribution is -0.166. The van der Waals surface area contributed by atoms with Gasteiger partial charge in [0.1, 0.15) is 54.2 Å². The maximum atomic E-state index is 12.1. The number of carboxylic acid groups (broad SMARTS) is 3. The number of esters is 2. The van der Waals surface area contributed by atoms with Crippen molar-refractivity contribution in [1.29, 1.82) is 0 Å². The molecule has 0 saturated heterocycles. The lowest BCUT2D eigenvalue weighted by Crippen LogP contribution is -2.61. The molecule has 3 aromatic rings. The quantitative estimate of drug-likeness (QED) is 0.00460. The number of methoxy groups -OCH3 is 1. The van der Waals surface area contributed by atoms with Crippen LogP contribution in [-0.2, 0) is 95.5 Å². The molecule has 0 radical (unpaired) electrons. The summed E-state index contributed by atoms with van der Waals surface area (Å²) in [4.78, 5) is 183. The van der Waals surface area contributed by atoms with E-state index in [9.17, 15) is 72.2 Å². The van der Waals surface area contributed by atoms with Crippen molar-refractivity contribution < 1.29 is 121 Å². The Kier molecular flexibility index (Phi) is 56.1. The van der Waals surface area contributed by atoms with E-state index in [1.54, 1.807) is 20.8 Å². The third-order valence-corrected chi connectivity index (χ3v) is 19.0. The highest BCUT2D eigenvalue weighted by Gasteiger charge is 2.47. The van der Waals surface area contributed by atoms with Gasteiger partial charge in [-0.3, -0.25) is 57.9 Å². The Morgan fingerprint density at radius 1 is 0.363 bits per heavy atom. The van der Waals surface area contributed by atoms with Crippen LogP contribution in [0.5, 0.6) is 0 Å². The number of hydrogen-bond acceptors (Lipinski definition) is 34. The average molecular weight is 1970 g/mol. The van der Waals surface area contributed by atoms with Crippen LogP contribution in [0.4, 0.5) is 4.79 Å². The summed E-state index contributed by atoms with van der Waals surface area (Å²) in [6, 6.07) is 32.3. The highest BCUT2D eigenvalue weighted by molar-refractivity contribution is 9.09. The summed E-state index contributed by atoms with van der Waals surface area (Å²) < 4.78 is 34.9. The fraction of sp³-hybridized carbons (Fsp3) is 0.459. The third-order valence-electron chi connectivity index (χ3n) is 16.1. The molecular weight excluding hydrogens is 1880 g/mol. The van der Waals surface area contributed by atoms with Gasteiger partial charge in [-0.2, -0.15) is 4.90 Å². The highest BCUT2D eigenvalue weighted by Crippen LogP contribution is 2.33. The summed E-state index contributed by atoms with van der Waals surface area (Å²) in [6.45, 7) is 3.82. The van der Waals surface area contributed by atoms with E-state index >= 15 is 0 Å². The molecule has 722 valence electrons. The number of hydrogen-bond donors (Lipinski definition) is 7. The van der Waals surface area contributed by atoms with Crippen molar-refractivity contribution in [2.24, 2.45) is 63.2 Å². The molecule has 3 aromatic carbocycles. The number of ether oxygens (including phenoxy) is 7. The van der Waals surface area contributed by atoms with E-state index < -0.39 is 165 Å². The number of aliphatic carboxylic acids is 3. The Labute approximate surface area is 774 Å². The molecule has 0 saturated carbocycles. The highest BCUT2D eigenvalue weighted by atomic mass is 79.9. The van der Waals surface area contributed by atoms with Gasteiger partial charge >= 0.3 is 35.9 Å². The molecule has 7 rings (SSSR count). The first-order valence-electron chi connectivity index (χ1n) is 38.2. The monoisotopic (exact) mass is 1970 g/mol. The predicted octanol–water partition coefficient (Wildman–Crippen LogP) is 6.57. The van der Waals surface area contributed by atoms with Crippen molar-refractivity contribution in [3.63, 3.8) is 0 Å². The first-order chi connectivity index (χ1) is 63.8.